The van der Waals surface area contributed by atoms with Crippen molar-refractivity contribution in [3.05, 3.63) is 12.7 Å². The van der Waals surface area contributed by atoms with Crippen LogP contribution in [0.15, 0.2) is 12.7 Å². The first-order valence-corrected chi connectivity index (χ1v) is 2.84. The maximum atomic E-state index is 8.77. The van der Waals surface area contributed by atoms with Crippen molar-refractivity contribution in [1.82, 2.24) is 4.90 Å². The molecular formula is C6H11NO. The fraction of sp³-hybridized carbons (Fsp3) is 0.667. The van der Waals surface area contributed by atoms with Gasteiger partial charge in [0.15, 0.2) is 0 Å². The lowest BCUT2D eigenvalue weighted by Gasteiger charge is -2.34. The van der Waals surface area contributed by atoms with E-state index >= 15 is 0 Å². The van der Waals surface area contributed by atoms with Crippen molar-refractivity contribution in [2.75, 3.05) is 19.6 Å². The standard InChI is InChI=1S/C6H11NO/c1-2-3-7-4-6(8)5-7/h2,6,8H,1,3-5H2. The van der Waals surface area contributed by atoms with Crippen LogP contribution in [0.5, 0.6) is 0 Å². The molecule has 0 saturated carbocycles. The molecule has 2 nitrogen and oxygen atoms in total. The second kappa shape index (κ2) is 2.29. The molecule has 46 valence electrons. The van der Waals surface area contributed by atoms with Crippen LogP contribution in [0.2, 0.25) is 0 Å². The maximum Gasteiger partial charge on any atom is 0.0794 e. The monoisotopic (exact) mass is 113 g/mol. The Hall–Kier alpha value is -0.340. The van der Waals surface area contributed by atoms with Crippen molar-refractivity contribution in [1.29, 1.82) is 0 Å². The minimum absolute atomic E-state index is 0.0741. The van der Waals surface area contributed by atoms with Gasteiger partial charge in [-0.15, -0.1) is 6.58 Å². The van der Waals surface area contributed by atoms with Crippen LogP contribution in [-0.2, 0) is 0 Å². The van der Waals surface area contributed by atoms with Crippen molar-refractivity contribution in [2.24, 2.45) is 0 Å². The topological polar surface area (TPSA) is 23.5 Å². The summed E-state index contributed by atoms with van der Waals surface area (Å²) in [5.41, 5.74) is 0. The van der Waals surface area contributed by atoms with E-state index in [0.717, 1.165) is 19.6 Å². The first-order chi connectivity index (χ1) is 3.83. The molecule has 0 spiro atoms. The van der Waals surface area contributed by atoms with Crippen LogP contribution in [0.3, 0.4) is 0 Å². The summed E-state index contributed by atoms with van der Waals surface area (Å²) in [5, 5.41) is 8.77. The van der Waals surface area contributed by atoms with Gasteiger partial charge in [0, 0.05) is 19.6 Å². The Balaban J connectivity index is 2.06. The molecule has 0 aromatic heterocycles. The van der Waals surface area contributed by atoms with Crippen molar-refractivity contribution in [3.63, 3.8) is 0 Å². The third-order valence-electron chi connectivity index (χ3n) is 1.33. The summed E-state index contributed by atoms with van der Waals surface area (Å²) in [5.74, 6) is 0. The summed E-state index contributed by atoms with van der Waals surface area (Å²) in [6.07, 6.45) is 1.78. The summed E-state index contributed by atoms with van der Waals surface area (Å²) in [6.45, 7) is 6.15. The first kappa shape index (κ1) is 5.79. The number of hydrogen-bond acceptors (Lipinski definition) is 2. The molecule has 2 heteroatoms. The van der Waals surface area contributed by atoms with Gasteiger partial charge < -0.3 is 5.11 Å². The molecule has 0 atom stereocenters. The van der Waals surface area contributed by atoms with Crippen LogP contribution in [-0.4, -0.2) is 35.7 Å². The predicted molar refractivity (Wildman–Crippen MR) is 32.6 cm³/mol. The van der Waals surface area contributed by atoms with Crippen molar-refractivity contribution in [2.45, 2.75) is 6.10 Å². The summed E-state index contributed by atoms with van der Waals surface area (Å²) in [7, 11) is 0. The van der Waals surface area contributed by atoms with E-state index in [2.05, 4.69) is 11.5 Å². The number of nitrogens with zero attached hydrogens (tertiary/aromatic N) is 1. The normalized spacial score (nSPS) is 22.6. The number of rotatable bonds is 2. The summed E-state index contributed by atoms with van der Waals surface area (Å²) in [6, 6.07) is 0. The van der Waals surface area contributed by atoms with Gasteiger partial charge >= 0.3 is 0 Å². The lowest BCUT2D eigenvalue weighted by Crippen LogP contribution is -2.50. The molecule has 0 radical (unpaired) electrons. The van der Waals surface area contributed by atoms with Crippen molar-refractivity contribution < 1.29 is 5.11 Å². The fourth-order valence-corrected chi connectivity index (χ4v) is 0.874. The Morgan fingerprint density at radius 2 is 2.38 bits per heavy atom. The third-order valence-corrected chi connectivity index (χ3v) is 1.33. The smallest absolute Gasteiger partial charge is 0.0794 e. The van der Waals surface area contributed by atoms with Crippen LogP contribution < -0.4 is 0 Å². The molecular weight excluding hydrogens is 102 g/mol. The van der Waals surface area contributed by atoms with Crippen LogP contribution in [0.4, 0.5) is 0 Å². The van der Waals surface area contributed by atoms with Gasteiger partial charge in [-0.3, -0.25) is 4.90 Å². The molecule has 0 bridgehead atoms. The Bertz CT molecular complexity index is 86.5. The van der Waals surface area contributed by atoms with E-state index in [1.54, 1.807) is 0 Å². The molecule has 0 aromatic rings. The van der Waals surface area contributed by atoms with E-state index in [1.165, 1.54) is 0 Å². The number of aliphatic hydroxyl groups excluding tert-OH is 1. The zero-order valence-corrected chi connectivity index (χ0v) is 4.88. The number of hydrogen-bond donors (Lipinski definition) is 1. The maximum absolute atomic E-state index is 8.77. The predicted octanol–water partition coefficient (Wildman–Crippen LogP) is -0.151. The minimum Gasteiger partial charge on any atom is -0.390 e. The van der Waals surface area contributed by atoms with Crippen LogP contribution in [0.25, 0.3) is 0 Å². The highest BCUT2D eigenvalue weighted by Crippen LogP contribution is 2.05. The van der Waals surface area contributed by atoms with Gasteiger partial charge in [0.1, 0.15) is 0 Å². The second-order valence-electron chi connectivity index (χ2n) is 2.16. The molecule has 1 aliphatic rings. The molecule has 1 rings (SSSR count). The Morgan fingerprint density at radius 3 is 2.75 bits per heavy atom. The molecule has 1 aliphatic heterocycles. The van der Waals surface area contributed by atoms with Crippen LogP contribution >= 0.6 is 0 Å². The van der Waals surface area contributed by atoms with Gasteiger partial charge in [-0.05, 0) is 0 Å². The van der Waals surface area contributed by atoms with Gasteiger partial charge in [0.05, 0.1) is 6.10 Å². The van der Waals surface area contributed by atoms with Gasteiger partial charge in [0.25, 0.3) is 0 Å². The average molecular weight is 113 g/mol. The largest absolute Gasteiger partial charge is 0.390 e. The number of aliphatic hydroxyl groups is 1. The van der Waals surface area contributed by atoms with E-state index in [4.69, 9.17) is 5.11 Å². The van der Waals surface area contributed by atoms with E-state index in [-0.39, 0.29) is 6.10 Å². The zero-order valence-electron chi connectivity index (χ0n) is 4.88. The summed E-state index contributed by atoms with van der Waals surface area (Å²) in [4.78, 5) is 2.14. The lowest BCUT2D eigenvalue weighted by atomic mass is 10.2. The van der Waals surface area contributed by atoms with E-state index < -0.39 is 0 Å². The zero-order chi connectivity index (χ0) is 5.98. The van der Waals surface area contributed by atoms with Crippen LogP contribution in [0, 0.1) is 0 Å². The van der Waals surface area contributed by atoms with Crippen molar-refractivity contribution >= 4 is 0 Å². The van der Waals surface area contributed by atoms with Gasteiger partial charge in [-0.2, -0.15) is 0 Å². The third kappa shape index (κ3) is 1.08. The summed E-state index contributed by atoms with van der Waals surface area (Å²) >= 11 is 0. The van der Waals surface area contributed by atoms with Gasteiger partial charge in [0.2, 0.25) is 0 Å². The van der Waals surface area contributed by atoms with E-state index in [1.807, 2.05) is 6.08 Å². The molecule has 1 saturated heterocycles. The molecule has 1 N–H and O–H groups in total. The highest BCUT2D eigenvalue weighted by molar-refractivity contribution is 4.84. The molecule has 8 heavy (non-hydrogen) atoms. The highest BCUT2D eigenvalue weighted by Gasteiger charge is 2.21. The van der Waals surface area contributed by atoms with Gasteiger partial charge in [-0.1, -0.05) is 6.08 Å². The first-order valence-electron chi connectivity index (χ1n) is 2.84. The molecule has 0 aromatic carbocycles. The molecule has 0 unspecified atom stereocenters. The minimum atomic E-state index is -0.0741. The molecule has 1 heterocycles. The Kier molecular flexibility index (Phi) is 1.65. The lowest BCUT2D eigenvalue weighted by molar-refractivity contribution is 0.00986. The second-order valence-corrected chi connectivity index (χ2v) is 2.16. The highest BCUT2D eigenvalue weighted by atomic mass is 16.3. The Labute approximate surface area is 49.4 Å². The molecule has 0 amide bonds. The number of likely N-dealkylation sites (tertiary alicyclic amines) is 1. The molecule has 0 aliphatic carbocycles. The van der Waals surface area contributed by atoms with Crippen LogP contribution in [0.1, 0.15) is 0 Å². The van der Waals surface area contributed by atoms with Gasteiger partial charge in [-0.25, -0.2) is 0 Å². The van der Waals surface area contributed by atoms with Crippen molar-refractivity contribution in [3.8, 4) is 0 Å². The summed E-state index contributed by atoms with van der Waals surface area (Å²) < 4.78 is 0. The van der Waals surface area contributed by atoms with E-state index in [0.29, 0.717) is 0 Å². The number of β-amino-alcohol motifs (C(OH)–C–C–N with tert-alkyl or cyclic N) is 1. The van der Waals surface area contributed by atoms with E-state index in [9.17, 15) is 0 Å². The average Bonchev–Trinajstić information content (AvgIpc) is 1.64. The Morgan fingerprint density at radius 1 is 1.75 bits per heavy atom. The fourth-order valence-electron chi connectivity index (χ4n) is 0.874. The SMILES string of the molecule is C=CCN1CC(O)C1. The quantitative estimate of drug-likeness (QED) is 0.503. The molecule has 1 fully saturated rings.